The largest absolute Gasteiger partial charge is 0.453 e. The third-order valence-corrected chi connectivity index (χ3v) is 5.24. The van der Waals surface area contributed by atoms with Gasteiger partial charge in [-0.25, -0.2) is 9.97 Å². The van der Waals surface area contributed by atoms with Gasteiger partial charge in [-0.05, 0) is 36.4 Å². The lowest BCUT2D eigenvalue weighted by Crippen LogP contribution is -1.92. The second-order valence-electron chi connectivity index (χ2n) is 7.12. The van der Waals surface area contributed by atoms with Crippen molar-refractivity contribution in [3.8, 4) is 11.5 Å². The third-order valence-electron chi connectivity index (χ3n) is 5.24. The number of fused-ring (bicyclic) bond motifs is 4. The smallest absolute Gasteiger partial charge is 0.153 e. The van der Waals surface area contributed by atoms with Crippen LogP contribution < -0.4 is 4.74 Å². The summed E-state index contributed by atoms with van der Waals surface area (Å²) in [5.74, 6) is 1.46. The van der Waals surface area contributed by atoms with Crippen LogP contribution in [-0.4, -0.2) is 9.97 Å². The normalized spacial score (nSPS) is 11.4. The Morgan fingerprint density at radius 2 is 0.897 bits per heavy atom. The summed E-state index contributed by atoms with van der Waals surface area (Å²) in [6.07, 6.45) is 0. The van der Waals surface area contributed by atoms with Crippen LogP contribution in [0.25, 0.3) is 43.6 Å². The fourth-order valence-electron chi connectivity index (χ4n) is 3.83. The zero-order valence-corrected chi connectivity index (χ0v) is 15.5. The van der Waals surface area contributed by atoms with Gasteiger partial charge in [0.05, 0.1) is 11.0 Å². The lowest BCUT2D eigenvalue weighted by Gasteiger charge is -2.11. The summed E-state index contributed by atoms with van der Waals surface area (Å²) < 4.78 is 6.38. The number of rotatable bonds is 2. The molecule has 0 amide bonds. The van der Waals surface area contributed by atoms with E-state index in [1.165, 1.54) is 0 Å². The minimum absolute atomic E-state index is 0.732. The summed E-state index contributed by atoms with van der Waals surface area (Å²) in [5, 5.41) is 4.35. The highest BCUT2D eigenvalue weighted by Crippen LogP contribution is 2.34. The molecule has 6 aromatic rings. The van der Waals surface area contributed by atoms with Crippen LogP contribution in [0.5, 0.6) is 11.5 Å². The maximum Gasteiger partial charge on any atom is 0.153 e. The number of nitrogens with zero attached hydrogens (tertiary/aromatic N) is 2. The first-order chi connectivity index (χ1) is 14.3. The van der Waals surface area contributed by atoms with E-state index in [1.807, 2.05) is 60.7 Å². The highest BCUT2D eigenvalue weighted by Gasteiger charge is 2.10. The van der Waals surface area contributed by atoms with Gasteiger partial charge in [-0.3, -0.25) is 0 Å². The Bertz CT molecular complexity index is 1420. The minimum atomic E-state index is 0.732. The van der Waals surface area contributed by atoms with Crippen LogP contribution in [0.1, 0.15) is 0 Å². The molecule has 0 spiro atoms. The quantitative estimate of drug-likeness (QED) is 0.311. The van der Waals surface area contributed by atoms with Gasteiger partial charge < -0.3 is 4.74 Å². The summed E-state index contributed by atoms with van der Waals surface area (Å²) in [5.41, 5.74) is 3.61. The highest BCUT2D eigenvalue weighted by atomic mass is 16.5. The van der Waals surface area contributed by atoms with Gasteiger partial charge in [0.2, 0.25) is 0 Å². The van der Waals surface area contributed by atoms with Gasteiger partial charge in [0, 0.05) is 21.5 Å². The molecule has 2 aromatic heterocycles. The molecule has 0 saturated heterocycles. The summed E-state index contributed by atoms with van der Waals surface area (Å²) in [6, 6.07) is 32.6. The van der Waals surface area contributed by atoms with Crippen LogP contribution in [0.4, 0.5) is 0 Å². The van der Waals surface area contributed by atoms with Crippen molar-refractivity contribution in [2.24, 2.45) is 0 Å². The van der Waals surface area contributed by atoms with Crippen LogP contribution in [0.2, 0.25) is 0 Å². The van der Waals surface area contributed by atoms with E-state index in [0.29, 0.717) is 0 Å². The van der Waals surface area contributed by atoms with Crippen molar-refractivity contribution in [3.63, 3.8) is 0 Å². The Kier molecular flexibility index (Phi) is 3.47. The average molecular weight is 372 g/mol. The molecule has 0 radical (unpaired) electrons. The second-order valence-corrected chi connectivity index (χ2v) is 7.12. The predicted molar refractivity (Wildman–Crippen MR) is 119 cm³/mol. The monoisotopic (exact) mass is 372 g/mol. The van der Waals surface area contributed by atoms with Crippen molar-refractivity contribution in [2.45, 2.75) is 0 Å². The maximum absolute atomic E-state index is 6.38. The SMILES string of the molecule is c1ccc2nc3c(Oc4cccc5cc6ccccc6nc45)cccc3cc2c1. The summed E-state index contributed by atoms with van der Waals surface area (Å²) in [7, 11) is 0. The van der Waals surface area contributed by atoms with Crippen molar-refractivity contribution >= 4 is 43.6 Å². The molecule has 4 aromatic carbocycles. The number of ether oxygens (including phenoxy) is 1. The molecule has 0 aliphatic rings. The Balaban J connectivity index is 1.55. The Morgan fingerprint density at radius 3 is 1.41 bits per heavy atom. The molecule has 29 heavy (non-hydrogen) atoms. The molecule has 3 heteroatoms. The van der Waals surface area contributed by atoms with E-state index >= 15 is 0 Å². The summed E-state index contributed by atoms with van der Waals surface area (Å²) in [6.45, 7) is 0. The number of benzene rings is 4. The molecule has 0 atom stereocenters. The number of pyridine rings is 2. The van der Waals surface area contributed by atoms with E-state index in [2.05, 4.69) is 36.4 Å². The molecule has 6 rings (SSSR count). The number of hydrogen-bond donors (Lipinski definition) is 0. The molecule has 0 bridgehead atoms. The van der Waals surface area contributed by atoms with Crippen LogP contribution >= 0.6 is 0 Å². The van der Waals surface area contributed by atoms with E-state index < -0.39 is 0 Å². The lowest BCUT2D eigenvalue weighted by molar-refractivity contribution is 0.492. The molecule has 136 valence electrons. The van der Waals surface area contributed by atoms with Gasteiger partial charge in [0.25, 0.3) is 0 Å². The minimum Gasteiger partial charge on any atom is -0.453 e. The Hall–Kier alpha value is -3.98. The standard InChI is InChI=1S/C26H16N2O/c1-3-11-21-17(7-1)15-19-9-5-13-23(25(19)27-21)29-24-14-6-10-20-16-18-8-2-4-12-22(18)28-26(20)24/h1-16H. The molecule has 0 aliphatic heterocycles. The first kappa shape index (κ1) is 16.0. The van der Waals surface area contributed by atoms with Crippen molar-refractivity contribution in [1.29, 1.82) is 0 Å². The van der Waals surface area contributed by atoms with Crippen LogP contribution in [0.3, 0.4) is 0 Å². The molecular weight excluding hydrogens is 356 g/mol. The predicted octanol–water partition coefficient (Wildman–Crippen LogP) is 6.88. The molecule has 3 nitrogen and oxygen atoms in total. The topological polar surface area (TPSA) is 35.0 Å². The van der Waals surface area contributed by atoms with Crippen LogP contribution in [0, 0.1) is 0 Å². The van der Waals surface area contributed by atoms with Crippen molar-refractivity contribution in [3.05, 3.63) is 97.1 Å². The first-order valence-corrected chi connectivity index (χ1v) is 9.60. The van der Waals surface area contributed by atoms with Gasteiger partial charge in [0.1, 0.15) is 11.0 Å². The molecule has 0 fully saturated rings. The van der Waals surface area contributed by atoms with Crippen molar-refractivity contribution in [2.75, 3.05) is 0 Å². The Morgan fingerprint density at radius 1 is 0.448 bits per heavy atom. The van der Waals surface area contributed by atoms with E-state index in [4.69, 9.17) is 14.7 Å². The molecule has 0 N–H and O–H groups in total. The summed E-state index contributed by atoms with van der Waals surface area (Å²) in [4.78, 5) is 9.72. The lowest BCUT2D eigenvalue weighted by atomic mass is 10.1. The number of para-hydroxylation sites is 4. The maximum atomic E-state index is 6.38. The van der Waals surface area contributed by atoms with E-state index in [-0.39, 0.29) is 0 Å². The van der Waals surface area contributed by atoms with Gasteiger partial charge in [-0.2, -0.15) is 0 Å². The second kappa shape index (κ2) is 6.28. The molecule has 0 aliphatic carbocycles. The molecule has 0 unspecified atom stereocenters. The molecular formula is C26H16N2O. The van der Waals surface area contributed by atoms with E-state index in [9.17, 15) is 0 Å². The Labute approximate surface area is 167 Å². The zero-order chi connectivity index (χ0) is 19.2. The van der Waals surface area contributed by atoms with E-state index in [1.54, 1.807) is 0 Å². The van der Waals surface area contributed by atoms with E-state index in [0.717, 1.165) is 55.1 Å². The number of hydrogen-bond acceptors (Lipinski definition) is 3. The van der Waals surface area contributed by atoms with Crippen LogP contribution in [0.15, 0.2) is 97.1 Å². The van der Waals surface area contributed by atoms with Gasteiger partial charge in [0.15, 0.2) is 11.5 Å². The average Bonchev–Trinajstić information content (AvgIpc) is 2.77. The van der Waals surface area contributed by atoms with Crippen LogP contribution in [-0.2, 0) is 0 Å². The van der Waals surface area contributed by atoms with Gasteiger partial charge in [-0.15, -0.1) is 0 Å². The fourth-order valence-corrected chi connectivity index (χ4v) is 3.83. The fraction of sp³-hybridized carbons (Fsp3) is 0. The zero-order valence-electron chi connectivity index (χ0n) is 15.5. The van der Waals surface area contributed by atoms with Crippen molar-refractivity contribution in [1.82, 2.24) is 9.97 Å². The molecule has 2 heterocycles. The third kappa shape index (κ3) is 2.67. The van der Waals surface area contributed by atoms with Gasteiger partial charge in [-0.1, -0.05) is 60.7 Å². The highest BCUT2D eigenvalue weighted by molar-refractivity contribution is 5.97. The van der Waals surface area contributed by atoms with Crippen molar-refractivity contribution < 1.29 is 4.74 Å². The van der Waals surface area contributed by atoms with Gasteiger partial charge >= 0.3 is 0 Å². The number of aromatic nitrogens is 2. The first-order valence-electron chi connectivity index (χ1n) is 9.60. The molecule has 0 saturated carbocycles. The summed E-state index contributed by atoms with van der Waals surface area (Å²) >= 11 is 0.